The molecule has 1 N–H and O–H groups in total. The number of amides is 1. The normalized spacial score (nSPS) is 14.0. The van der Waals surface area contributed by atoms with Crippen LogP contribution in [-0.2, 0) is 9.47 Å². The highest BCUT2D eigenvalue weighted by Gasteiger charge is 2.19. The first-order chi connectivity index (χ1) is 15.6. The topological polar surface area (TPSA) is 80.3 Å². The van der Waals surface area contributed by atoms with Gasteiger partial charge in [-0.3, -0.25) is 10.2 Å². The van der Waals surface area contributed by atoms with E-state index in [1.165, 1.54) is 0 Å². The molecule has 1 amide bonds. The molecule has 0 spiro atoms. The van der Waals surface area contributed by atoms with Crippen molar-refractivity contribution in [3.63, 3.8) is 0 Å². The lowest BCUT2D eigenvalue weighted by Gasteiger charge is -2.36. The molecule has 1 aliphatic heterocycles. The van der Waals surface area contributed by atoms with Gasteiger partial charge in [-0.2, -0.15) is 0 Å². The summed E-state index contributed by atoms with van der Waals surface area (Å²) < 4.78 is 15.9. The molecule has 0 saturated carbocycles. The van der Waals surface area contributed by atoms with Gasteiger partial charge in [-0.1, -0.05) is 18.2 Å². The van der Waals surface area contributed by atoms with E-state index in [-0.39, 0.29) is 5.97 Å². The average Bonchev–Trinajstić information content (AvgIpc) is 2.81. The Morgan fingerprint density at radius 1 is 0.938 bits per heavy atom. The molecule has 0 bridgehead atoms. The third-order valence-corrected chi connectivity index (χ3v) is 5.16. The molecule has 2 aromatic rings. The summed E-state index contributed by atoms with van der Waals surface area (Å²) in [6.07, 6.45) is -0.494. The number of rotatable bonds is 9. The number of carbonyl (C=O) groups excluding carboxylic acids is 2. The second kappa shape index (κ2) is 12.0. The lowest BCUT2D eigenvalue weighted by Crippen LogP contribution is -2.47. The van der Waals surface area contributed by atoms with Crippen LogP contribution in [0.4, 0.5) is 16.2 Å². The van der Waals surface area contributed by atoms with E-state index < -0.39 is 6.09 Å². The van der Waals surface area contributed by atoms with Crippen LogP contribution < -0.4 is 15.0 Å². The van der Waals surface area contributed by atoms with Crippen molar-refractivity contribution in [1.29, 1.82) is 0 Å². The molecular weight excluding hydrogens is 410 g/mol. The molecule has 8 heteroatoms. The quantitative estimate of drug-likeness (QED) is 0.595. The van der Waals surface area contributed by atoms with E-state index in [9.17, 15) is 9.59 Å². The van der Waals surface area contributed by atoms with Gasteiger partial charge in [-0.05, 0) is 44.2 Å². The molecule has 1 aliphatic rings. The minimum Gasteiger partial charge on any atom is -0.492 e. The molecule has 32 heavy (non-hydrogen) atoms. The van der Waals surface area contributed by atoms with E-state index in [1.807, 2.05) is 37.3 Å². The summed E-state index contributed by atoms with van der Waals surface area (Å²) in [5.41, 5.74) is 2.17. The van der Waals surface area contributed by atoms with Gasteiger partial charge in [-0.25, -0.2) is 9.59 Å². The maximum Gasteiger partial charge on any atom is 0.411 e. The van der Waals surface area contributed by atoms with Crippen LogP contribution in [0.15, 0.2) is 48.5 Å². The van der Waals surface area contributed by atoms with E-state index in [1.54, 1.807) is 25.1 Å². The Kier molecular flexibility index (Phi) is 8.74. The summed E-state index contributed by atoms with van der Waals surface area (Å²) in [7, 11) is 0. The van der Waals surface area contributed by atoms with Gasteiger partial charge >= 0.3 is 12.1 Å². The van der Waals surface area contributed by atoms with Gasteiger partial charge in [0.25, 0.3) is 0 Å². The zero-order chi connectivity index (χ0) is 22.8. The second-order valence-electron chi connectivity index (χ2n) is 7.29. The van der Waals surface area contributed by atoms with Gasteiger partial charge in [0.1, 0.15) is 12.4 Å². The number of esters is 1. The Hall–Kier alpha value is -3.26. The molecule has 172 valence electrons. The predicted octanol–water partition coefficient (Wildman–Crippen LogP) is 3.63. The lowest BCUT2D eigenvalue weighted by molar-refractivity contribution is 0.0526. The van der Waals surface area contributed by atoms with Crippen molar-refractivity contribution in [2.45, 2.75) is 13.8 Å². The number of piperazine rings is 1. The summed E-state index contributed by atoms with van der Waals surface area (Å²) in [5, 5.41) is 2.73. The Morgan fingerprint density at radius 2 is 1.72 bits per heavy atom. The molecule has 2 aromatic carbocycles. The number of para-hydroxylation sites is 2. The van der Waals surface area contributed by atoms with Gasteiger partial charge in [0, 0.05) is 38.4 Å². The van der Waals surface area contributed by atoms with Crippen LogP contribution in [0.1, 0.15) is 24.2 Å². The summed E-state index contributed by atoms with van der Waals surface area (Å²) in [4.78, 5) is 28.6. The minimum atomic E-state index is -0.494. The molecule has 3 rings (SSSR count). The fourth-order valence-electron chi connectivity index (χ4n) is 3.54. The monoisotopic (exact) mass is 441 g/mol. The number of hydrogen-bond donors (Lipinski definition) is 1. The minimum absolute atomic E-state index is 0.299. The number of ether oxygens (including phenoxy) is 3. The van der Waals surface area contributed by atoms with Crippen LogP contribution in [0.5, 0.6) is 5.75 Å². The first kappa shape index (κ1) is 23.4. The fraction of sp³-hybridized carbons (Fsp3) is 0.417. The first-order valence-corrected chi connectivity index (χ1v) is 11.0. The lowest BCUT2D eigenvalue weighted by atomic mass is 10.1. The average molecular weight is 442 g/mol. The van der Waals surface area contributed by atoms with E-state index in [0.29, 0.717) is 43.4 Å². The zero-order valence-corrected chi connectivity index (χ0v) is 18.7. The maximum atomic E-state index is 12.1. The van der Waals surface area contributed by atoms with Gasteiger partial charge in [0.15, 0.2) is 0 Å². The number of benzene rings is 2. The molecule has 1 heterocycles. The van der Waals surface area contributed by atoms with Crippen molar-refractivity contribution in [2.75, 3.05) is 62.8 Å². The highest BCUT2D eigenvalue weighted by atomic mass is 16.5. The third kappa shape index (κ3) is 6.62. The van der Waals surface area contributed by atoms with Gasteiger partial charge in [0.2, 0.25) is 0 Å². The molecule has 0 unspecified atom stereocenters. The van der Waals surface area contributed by atoms with E-state index in [4.69, 9.17) is 14.2 Å². The molecule has 1 saturated heterocycles. The summed E-state index contributed by atoms with van der Waals surface area (Å²) >= 11 is 0. The molecular formula is C24H31N3O5. The summed E-state index contributed by atoms with van der Waals surface area (Å²) in [6.45, 7) is 8.91. The maximum absolute atomic E-state index is 12.1. The predicted molar refractivity (Wildman–Crippen MR) is 124 cm³/mol. The number of anilines is 2. The number of hydrogen-bond acceptors (Lipinski definition) is 7. The van der Waals surface area contributed by atoms with Crippen LogP contribution >= 0.6 is 0 Å². The Morgan fingerprint density at radius 3 is 2.47 bits per heavy atom. The van der Waals surface area contributed by atoms with Crippen LogP contribution in [0.3, 0.4) is 0 Å². The highest BCUT2D eigenvalue weighted by molar-refractivity contribution is 5.90. The van der Waals surface area contributed by atoms with E-state index in [0.717, 1.165) is 31.9 Å². The van der Waals surface area contributed by atoms with Gasteiger partial charge in [0.05, 0.1) is 24.5 Å². The van der Waals surface area contributed by atoms with Crippen LogP contribution in [0, 0.1) is 0 Å². The van der Waals surface area contributed by atoms with Crippen molar-refractivity contribution >= 4 is 23.4 Å². The van der Waals surface area contributed by atoms with Crippen molar-refractivity contribution < 1.29 is 23.8 Å². The number of nitrogens with one attached hydrogen (secondary N) is 1. The molecule has 0 radical (unpaired) electrons. The third-order valence-electron chi connectivity index (χ3n) is 5.16. The van der Waals surface area contributed by atoms with Crippen molar-refractivity contribution in [2.24, 2.45) is 0 Å². The second-order valence-corrected chi connectivity index (χ2v) is 7.29. The van der Waals surface area contributed by atoms with Crippen LogP contribution in [0.25, 0.3) is 0 Å². The van der Waals surface area contributed by atoms with Gasteiger partial charge in [-0.15, -0.1) is 0 Å². The van der Waals surface area contributed by atoms with Crippen LogP contribution in [-0.4, -0.2) is 69.5 Å². The number of nitrogens with zero attached hydrogens (tertiary/aromatic N) is 2. The Bertz CT molecular complexity index is 897. The smallest absolute Gasteiger partial charge is 0.411 e. The SMILES string of the molecule is CCOC(=O)c1cccc(N2CCN(CCOC(=O)Nc3ccccc3OCC)CC2)c1. The molecule has 0 atom stereocenters. The molecule has 0 aromatic heterocycles. The van der Waals surface area contributed by atoms with Crippen molar-refractivity contribution in [3.05, 3.63) is 54.1 Å². The number of carbonyl (C=O) groups is 2. The largest absolute Gasteiger partial charge is 0.492 e. The van der Waals surface area contributed by atoms with Gasteiger partial charge < -0.3 is 19.1 Å². The Labute approximate surface area is 189 Å². The fourth-order valence-corrected chi connectivity index (χ4v) is 3.54. The standard InChI is InChI=1S/C24H31N3O5/c1-3-30-22-11-6-5-10-21(22)25-24(29)32-17-16-26-12-14-27(15-13-26)20-9-7-8-19(18-20)23(28)31-4-2/h5-11,18H,3-4,12-17H2,1-2H3,(H,25,29). The first-order valence-electron chi connectivity index (χ1n) is 11.0. The molecule has 8 nitrogen and oxygen atoms in total. The summed E-state index contributed by atoms with van der Waals surface area (Å²) in [5.74, 6) is 0.322. The molecule has 1 fully saturated rings. The zero-order valence-electron chi connectivity index (χ0n) is 18.7. The van der Waals surface area contributed by atoms with Crippen molar-refractivity contribution in [1.82, 2.24) is 4.90 Å². The highest BCUT2D eigenvalue weighted by Crippen LogP contribution is 2.23. The van der Waals surface area contributed by atoms with Crippen molar-refractivity contribution in [3.8, 4) is 5.75 Å². The molecule has 0 aliphatic carbocycles. The van der Waals surface area contributed by atoms with E-state index >= 15 is 0 Å². The Balaban J connectivity index is 1.41. The van der Waals surface area contributed by atoms with Crippen LogP contribution in [0.2, 0.25) is 0 Å². The summed E-state index contributed by atoms with van der Waals surface area (Å²) in [6, 6.07) is 14.8. The van der Waals surface area contributed by atoms with E-state index in [2.05, 4.69) is 15.1 Å².